The SMILES string of the molecule is CSCC[C@H](NC[C@H]1O[C@@H](n2cnc3c(N)ncnc32)[C@H](O)[C@@H]1O)C(=O)Cl. The van der Waals surface area contributed by atoms with E-state index in [0.717, 1.165) is 5.75 Å². The number of ether oxygens (including phenoxy) is 1. The van der Waals surface area contributed by atoms with Crippen LogP contribution in [-0.4, -0.2) is 77.9 Å². The van der Waals surface area contributed by atoms with Crippen molar-refractivity contribution in [1.82, 2.24) is 24.8 Å². The molecule has 1 saturated heterocycles. The lowest BCUT2D eigenvalue weighted by atomic mass is 10.1. The molecule has 0 unspecified atom stereocenters. The van der Waals surface area contributed by atoms with Gasteiger partial charge in [0.25, 0.3) is 0 Å². The van der Waals surface area contributed by atoms with E-state index in [-0.39, 0.29) is 12.4 Å². The topological polar surface area (TPSA) is 148 Å². The van der Waals surface area contributed by atoms with Gasteiger partial charge in [-0.3, -0.25) is 9.36 Å². The van der Waals surface area contributed by atoms with Crippen LogP contribution < -0.4 is 11.1 Å². The molecule has 0 amide bonds. The summed E-state index contributed by atoms with van der Waals surface area (Å²) in [6.07, 6.45) is 1.20. The molecule has 2 aromatic rings. The first-order valence-electron chi connectivity index (χ1n) is 8.30. The highest BCUT2D eigenvalue weighted by Crippen LogP contribution is 2.31. The van der Waals surface area contributed by atoms with Crippen molar-refractivity contribution in [3.05, 3.63) is 12.7 Å². The second-order valence-corrected chi connectivity index (χ2v) is 7.53. The normalized spacial score (nSPS) is 26.5. The first-order chi connectivity index (χ1) is 12.9. The van der Waals surface area contributed by atoms with Crippen molar-refractivity contribution >= 4 is 45.6 Å². The Morgan fingerprint density at radius 3 is 2.93 bits per heavy atom. The lowest BCUT2D eigenvalue weighted by molar-refractivity contribution is -0.113. The minimum absolute atomic E-state index is 0.149. The lowest BCUT2D eigenvalue weighted by Crippen LogP contribution is -2.43. The summed E-state index contributed by atoms with van der Waals surface area (Å²) in [7, 11) is 0. The summed E-state index contributed by atoms with van der Waals surface area (Å²) in [5.74, 6) is 0.972. The molecule has 1 fully saturated rings. The van der Waals surface area contributed by atoms with Crippen LogP contribution in [-0.2, 0) is 9.53 Å². The molecule has 12 heteroatoms. The van der Waals surface area contributed by atoms with Gasteiger partial charge in [0.1, 0.15) is 30.2 Å². The number of thioether (sulfide) groups is 1. The van der Waals surface area contributed by atoms with Crippen LogP contribution in [0.5, 0.6) is 0 Å². The number of hydrogen-bond donors (Lipinski definition) is 4. The van der Waals surface area contributed by atoms with Crippen LogP contribution in [0.3, 0.4) is 0 Å². The molecule has 3 rings (SSSR count). The third-order valence-corrected chi connectivity index (χ3v) is 5.36. The Morgan fingerprint density at radius 2 is 2.22 bits per heavy atom. The monoisotopic (exact) mass is 416 g/mol. The molecular weight excluding hydrogens is 396 g/mol. The summed E-state index contributed by atoms with van der Waals surface area (Å²) >= 11 is 7.22. The second kappa shape index (κ2) is 8.67. The maximum Gasteiger partial charge on any atom is 0.238 e. The maximum atomic E-state index is 11.5. The van der Waals surface area contributed by atoms with Gasteiger partial charge >= 0.3 is 0 Å². The van der Waals surface area contributed by atoms with E-state index in [9.17, 15) is 15.0 Å². The number of nitrogen functional groups attached to an aromatic ring is 1. The van der Waals surface area contributed by atoms with E-state index in [1.807, 2.05) is 6.26 Å². The summed E-state index contributed by atoms with van der Waals surface area (Å²) in [5.41, 5.74) is 6.54. The predicted octanol–water partition coefficient (Wildman–Crippen LogP) is -0.496. The summed E-state index contributed by atoms with van der Waals surface area (Å²) in [5, 5.41) is 23.3. The molecule has 5 N–H and O–H groups in total. The zero-order valence-electron chi connectivity index (χ0n) is 14.5. The van der Waals surface area contributed by atoms with Crippen LogP contribution in [0.25, 0.3) is 11.2 Å². The fourth-order valence-corrected chi connectivity index (χ4v) is 3.63. The first kappa shape index (κ1) is 20.2. The molecule has 0 spiro atoms. The Morgan fingerprint density at radius 1 is 1.44 bits per heavy atom. The van der Waals surface area contributed by atoms with Gasteiger partial charge in [-0.15, -0.1) is 0 Å². The largest absolute Gasteiger partial charge is 0.387 e. The third-order valence-electron chi connectivity index (χ3n) is 4.45. The number of carbonyl (C=O) groups is 1. The van der Waals surface area contributed by atoms with E-state index in [2.05, 4.69) is 20.3 Å². The van der Waals surface area contributed by atoms with Gasteiger partial charge in [0, 0.05) is 6.54 Å². The minimum atomic E-state index is -1.21. The van der Waals surface area contributed by atoms with Gasteiger partial charge in [0.15, 0.2) is 17.7 Å². The fraction of sp³-hybridized carbons (Fsp3) is 0.600. The average Bonchev–Trinajstić information content (AvgIpc) is 3.18. The van der Waals surface area contributed by atoms with Crippen molar-refractivity contribution in [2.24, 2.45) is 0 Å². The van der Waals surface area contributed by atoms with E-state index in [4.69, 9.17) is 22.1 Å². The standard InChI is InChI=1S/C15H21ClN6O4S/c1-27-3-2-7(12(16)25)18-4-8-10(23)11(24)15(26-8)22-6-21-9-13(17)19-5-20-14(9)22/h5-8,10-11,15,18,23-24H,2-4H2,1H3,(H2,17,19,20)/t7-,8+,10+,11+,15+/m0/s1. The molecular formula is C15H21ClN6O4S. The highest BCUT2D eigenvalue weighted by molar-refractivity contribution is 7.98. The molecule has 2 aromatic heterocycles. The molecule has 0 aliphatic carbocycles. The molecule has 0 aromatic carbocycles. The first-order valence-corrected chi connectivity index (χ1v) is 10.1. The van der Waals surface area contributed by atoms with Gasteiger partial charge < -0.3 is 26.0 Å². The van der Waals surface area contributed by atoms with Gasteiger partial charge in [-0.2, -0.15) is 11.8 Å². The number of aliphatic hydroxyl groups excluding tert-OH is 2. The van der Waals surface area contributed by atoms with Crippen LogP contribution in [0.2, 0.25) is 0 Å². The zero-order chi connectivity index (χ0) is 19.6. The van der Waals surface area contributed by atoms with E-state index in [1.165, 1.54) is 17.2 Å². The van der Waals surface area contributed by atoms with Gasteiger partial charge in [-0.1, -0.05) is 0 Å². The average molecular weight is 417 g/mol. The van der Waals surface area contributed by atoms with Crippen molar-refractivity contribution < 1.29 is 19.7 Å². The molecule has 0 radical (unpaired) electrons. The number of fused-ring (bicyclic) bond motifs is 1. The number of nitrogens with zero attached hydrogens (tertiary/aromatic N) is 4. The zero-order valence-corrected chi connectivity index (χ0v) is 16.1. The molecule has 1 aliphatic heterocycles. The third kappa shape index (κ3) is 4.18. The Hall–Kier alpha value is -1.50. The molecule has 3 heterocycles. The van der Waals surface area contributed by atoms with Crippen molar-refractivity contribution in [3.8, 4) is 0 Å². The van der Waals surface area contributed by atoms with Gasteiger partial charge in [-0.05, 0) is 30.0 Å². The van der Waals surface area contributed by atoms with Crippen molar-refractivity contribution in [2.75, 3.05) is 24.3 Å². The van der Waals surface area contributed by atoms with Crippen LogP contribution in [0, 0.1) is 0 Å². The van der Waals surface area contributed by atoms with Crippen LogP contribution in [0.4, 0.5) is 5.82 Å². The number of halogens is 1. The molecule has 27 heavy (non-hydrogen) atoms. The van der Waals surface area contributed by atoms with E-state index >= 15 is 0 Å². The Bertz CT molecular complexity index is 808. The molecule has 5 atom stereocenters. The molecule has 0 bridgehead atoms. The highest BCUT2D eigenvalue weighted by atomic mass is 35.5. The lowest BCUT2D eigenvalue weighted by Gasteiger charge is -2.19. The maximum absolute atomic E-state index is 11.5. The Kier molecular flexibility index (Phi) is 6.50. The number of hydrogen-bond acceptors (Lipinski definition) is 10. The molecule has 0 saturated carbocycles. The number of aromatic nitrogens is 4. The number of rotatable bonds is 8. The summed E-state index contributed by atoms with van der Waals surface area (Å²) in [6, 6.07) is -0.548. The predicted molar refractivity (Wildman–Crippen MR) is 101 cm³/mol. The van der Waals surface area contributed by atoms with E-state index in [1.54, 1.807) is 11.8 Å². The van der Waals surface area contributed by atoms with Crippen molar-refractivity contribution in [1.29, 1.82) is 0 Å². The second-order valence-electron chi connectivity index (χ2n) is 6.18. The number of aliphatic hydroxyl groups is 2. The van der Waals surface area contributed by atoms with Crippen molar-refractivity contribution in [3.63, 3.8) is 0 Å². The van der Waals surface area contributed by atoms with Crippen LogP contribution in [0.15, 0.2) is 12.7 Å². The molecule has 10 nitrogen and oxygen atoms in total. The minimum Gasteiger partial charge on any atom is -0.387 e. The van der Waals surface area contributed by atoms with Gasteiger partial charge in [-0.25, -0.2) is 15.0 Å². The number of imidazole rings is 1. The summed E-state index contributed by atoms with van der Waals surface area (Å²) in [4.78, 5) is 23.7. The number of nitrogens with two attached hydrogens (primary N) is 1. The number of anilines is 1. The van der Waals surface area contributed by atoms with E-state index in [0.29, 0.717) is 17.6 Å². The summed E-state index contributed by atoms with van der Waals surface area (Å²) < 4.78 is 7.31. The van der Waals surface area contributed by atoms with Crippen LogP contribution >= 0.6 is 23.4 Å². The Balaban J connectivity index is 1.71. The smallest absolute Gasteiger partial charge is 0.238 e. The highest BCUT2D eigenvalue weighted by Gasteiger charge is 2.44. The van der Waals surface area contributed by atoms with E-state index < -0.39 is 35.8 Å². The Labute approximate surface area is 164 Å². The number of carbonyl (C=O) groups excluding carboxylic acids is 1. The quantitative estimate of drug-likeness (QED) is 0.415. The van der Waals surface area contributed by atoms with Crippen molar-refractivity contribution in [2.45, 2.75) is 37.0 Å². The summed E-state index contributed by atoms with van der Waals surface area (Å²) in [6.45, 7) is 0.149. The molecule has 1 aliphatic rings. The fourth-order valence-electron chi connectivity index (χ4n) is 2.97. The van der Waals surface area contributed by atoms with Gasteiger partial charge in [0.2, 0.25) is 5.24 Å². The molecule has 148 valence electrons. The number of nitrogens with one attached hydrogen (secondary N) is 1. The van der Waals surface area contributed by atoms with Gasteiger partial charge in [0.05, 0.1) is 12.4 Å². The van der Waals surface area contributed by atoms with Crippen LogP contribution in [0.1, 0.15) is 12.6 Å².